The van der Waals surface area contributed by atoms with Crippen molar-refractivity contribution in [1.29, 1.82) is 0 Å². The van der Waals surface area contributed by atoms with Crippen molar-refractivity contribution in [1.82, 2.24) is 4.57 Å². The van der Waals surface area contributed by atoms with Crippen LogP contribution in [0.4, 0.5) is 0 Å². The first kappa shape index (κ1) is 49.2. The van der Waals surface area contributed by atoms with Gasteiger partial charge in [-0.05, 0) is 0 Å². The molecule has 0 bridgehead atoms. The molecule has 0 saturated carbocycles. The molecule has 0 fully saturated rings. The quantitative estimate of drug-likeness (QED) is 0.0415. The summed E-state index contributed by atoms with van der Waals surface area (Å²) < 4.78 is 16.1. The van der Waals surface area contributed by atoms with Gasteiger partial charge >= 0.3 is 342 Å². The Labute approximate surface area is 352 Å². The van der Waals surface area contributed by atoms with E-state index in [9.17, 15) is 0 Å². The molecular formula is C52H93NSn2. The molecule has 0 radical (unpaired) electrons. The fraction of sp³-hybridized carbons (Fsp3) is 0.769. The van der Waals surface area contributed by atoms with Gasteiger partial charge in [0.25, 0.3) is 0 Å². The summed E-state index contributed by atoms with van der Waals surface area (Å²) in [5.74, 6) is 0.788. The summed E-state index contributed by atoms with van der Waals surface area (Å²) >= 11 is -5.22. The molecule has 1 aromatic heterocycles. The van der Waals surface area contributed by atoms with Crippen molar-refractivity contribution < 1.29 is 0 Å². The Balaban J connectivity index is 2.29. The van der Waals surface area contributed by atoms with Gasteiger partial charge in [-0.3, -0.25) is 0 Å². The third kappa shape index (κ3) is 15.1. The molecule has 1 nitrogen and oxygen atoms in total. The Bertz CT molecular complexity index is 1290. The Morgan fingerprint density at radius 3 is 1.04 bits per heavy atom. The molecule has 0 aliphatic rings. The monoisotopic (exact) mass is 972 g/mol. The van der Waals surface area contributed by atoms with Gasteiger partial charge in [0.15, 0.2) is 0 Å². The minimum atomic E-state index is -2.61. The van der Waals surface area contributed by atoms with Gasteiger partial charge in [0, 0.05) is 0 Å². The fourth-order valence-electron chi connectivity index (χ4n) is 10.3. The Kier molecular flexibility index (Phi) is 25.3. The van der Waals surface area contributed by atoms with Gasteiger partial charge in [-0.2, -0.15) is 0 Å². The van der Waals surface area contributed by atoms with Gasteiger partial charge < -0.3 is 0 Å². The Morgan fingerprint density at radius 2 is 0.691 bits per heavy atom. The van der Waals surface area contributed by atoms with E-state index in [0.29, 0.717) is 0 Å². The molecule has 0 saturated heterocycles. The average molecular weight is 970 g/mol. The molecule has 1 heterocycles. The van der Waals surface area contributed by atoms with Gasteiger partial charge in [-0.15, -0.1) is 0 Å². The third-order valence-corrected chi connectivity index (χ3v) is 45.2. The number of aromatic nitrogens is 1. The van der Waals surface area contributed by atoms with Gasteiger partial charge in [-0.25, -0.2) is 0 Å². The van der Waals surface area contributed by atoms with Crippen LogP contribution in [-0.4, -0.2) is 41.3 Å². The molecule has 2 aromatic carbocycles. The second-order valence-electron chi connectivity index (χ2n) is 18.5. The zero-order valence-electron chi connectivity index (χ0n) is 38.4. The molecule has 55 heavy (non-hydrogen) atoms. The van der Waals surface area contributed by atoms with Crippen LogP contribution < -0.4 is 7.16 Å². The zero-order valence-corrected chi connectivity index (χ0v) is 44.1. The van der Waals surface area contributed by atoms with Crippen molar-refractivity contribution in [2.24, 2.45) is 5.92 Å². The number of unbranched alkanes of at least 4 members (excludes halogenated alkanes) is 14. The predicted octanol–water partition coefficient (Wildman–Crippen LogP) is 17.2. The molecule has 314 valence electrons. The van der Waals surface area contributed by atoms with Crippen LogP contribution in [0, 0.1) is 5.92 Å². The molecule has 3 rings (SSSR count). The molecule has 0 aliphatic carbocycles. The van der Waals surface area contributed by atoms with E-state index in [-0.39, 0.29) is 0 Å². The van der Waals surface area contributed by atoms with E-state index in [4.69, 9.17) is 0 Å². The molecule has 0 N–H and O–H groups in total. The Morgan fingerprint density at radius 1 is 0.382 bits per heavy atom. The number of benzene rings is 2. The standard InChI is InChI=1S/C28H39N.6C4H9.2Sn/c1-3-5-7-9-10-12-18-24(17-11-8-6-4-2)23-29-27-21-15-13-19-25(27)26-20-14-16-22-28(26)29;6*1-3-4-2;;/h13-14,19-22,24H,3-12,17-18,23H2,1-2H3;6*1,3-4H2,2H3;;. The maximum absolute atomic E-state index is 2.98. The second kappa shape index (κ2) is 28.3. The topological polar surface area (TPSA) is 4.93 Å². The normalized spacial score (nSPS) is 13.1. The van der Waals surface area contributed by atoms with Crippen LogP contribution >= 0.6 is 0 Å². The summed E-state index contributed by atoms with van der Waals surface area (Å²) in [7, 11) is 0. The van der Waals surface area contributed by atoms with E-state index in [2.05, 4.69) is 96.4 Å². The molecule has 0 aliphatic heterocycles. The summed E-state index contributed by atoms with van der Waals surface area (Å²) in [6, 6.07) is 16.5. The second-order valence-corrected chi connectivity index (χ2v) is 45.0. The van der Waals surface area contributed by atoms with Crippen LogP contribution in [0.1, 0.15) is 209 Å². The van der Waals surface area contributed by atoms with Crippen LogP contribution in [0.15, 0.2) is 36.4 Å². The van der Waals surface area contributed by atoms with Crippen molar-refractivity contribution >= 4 is 65.7 Å². The van der Waals surface area contributed by atoms with Crippen molar-refractivity contribution in [2.45, 2.75) is 243 Å². The molecule has 0 spiro atoms. The molecule has 0 amide bonds. The summed E-state index contributed by atoms with van der Waals surface area (Å²) in [5.41, 5.74) is 3.24. The van der Waals surface area contributed by atoms with Gasteiger partial charge in [-0.1, -0.05) is 13.3 Å². The summed E-state index contributed by atoms with van der Waals surface area (Å²) in [6.45, 7) is 20.6. The van der Waals surface area contributed by atoms with E-state index in [1.807, 2.05) is 7.16 Å². The number of rotatable bonds is 34. The number of hydrogen-bond acceptors (Lipinski definition) is 0. The molecular weight excluding hydrogens is 876 g/mol. The van der Waals surface area contributed by atoms with Crippen molar-refractivity contribution in [3.63, 3.8) is 0 Å². The molecule has 1 atom stereocenters. The van der Waals surface area contributed by atoms with Crippen LogP contribution in [-0.2, 0) is 6.54 Å². The van der Waals surface area contributed by atoms with E-state index >= 15 is 0 Å². The number of nitrogens with zero attached hydrogens (tertiary/aromatic N) is 1. The summed E-state index contributed by atoms with van der Waals surface area (Å²) in [6.07, 6.45) is 33.6. The van der Waals surface area contributed by atoms with E-state index in [1.165, 1.54) is 161 Å². The molecule has 3 heteroatoms. The summed E-state index contributed by atoms with van der Waals surface area (Å²) in [4.78, 5) is 0. The van der Waals surface area contributed by atoms with Crippen molar-refractivity contribution in [2.75, 3.05) is 0 Å². The van der Waals surface area contributed by atoms with Crippen molar-refractivity contribution in [3.05, 3.63) is 36.4 Å². The number of fused-ring (bicyclic) bond motifs is 3. The maximum atomic E-state index is 2.98. The minimum absolute atomic E-state index is 0.788. The Hall–Kier alpha value is -0.163. The first-order chi connectivity index (χ1) is 26.9. The van der Waals surface area contributed by atoms with Crippen LogP contribution in [0.25, 0.3) is 21.8 Å². The first-order valence-corrected chi connectivity index (χ1v) is 40.0. The van der Waals surface area contributed by atoms with Gasteiger partial charge in [0.1, 0.15) is 0 Å². The van der Waals surface area contributed by atoms with E-state index in [1.54, 1.807) is 48.4 Å². The van der Waals surface area contributed by atoms with Crippen molar-refractivity contribution in [3.8, 4) is 0 Å². The van der Waals surface area contributed by atoms with E-state index < -0.39 is 36.8 Å². The van der Waals surface area contributed by atoms with Crippen LogP contribution in [0.5, 0.6) is 0 Å². The predicted molar refractivity (Wildman–Crippen MR) is 259 cm³/mol. The zero-order chi connectivity index (χ0) is 39.8. The number of hydrogen-bond donors (Lipinski definition) is 0. The SMILES string of the molecule is CCCCCCCCC(CCCCCC)Cn1c2c[c]([Sn]([CH2]CCC)([CH2]CCC)[CH2]CCC)ccc2c2cc[c]([Sn]([CH2]CCC)([CH2]CCC)[CH2]CCC)cc21. The summed E-state index contributed by atoms with van der Waals surface area (Å²) in [5, 5.41) is 3.13. The van der Waals surface area contributed by atoms with Gasteiger partial charge in [0.05, 0.1) is 0 Å². The molecule has 1 unspecified atom stereocenters. The van der Waals surface area contributed by atoms with Crippen LogP contribution in [0.2, 0.25) is 26.6 Å². The first-order valence-electron chi connectivity index (χ1n) is 25.0. The average Bonchev–Trinajstić information content (AvgIpc) is 3.52. The van der Waals surface area contributed by atoms with Crippen LogP contribution in [0.3, 0.4) is 0 Å². The molecule has 3 aromatic rings. The third-order valence-electron chi connectivity index (χ3n) is 14.0. The fourth-order valence-corrected chi connectivity index (χ4v) is 42.2. The van der Waals surface area contributed by atoms with E-state index in [0.717, 1.165) is 5.92 Å². The van der Waals surface area contributed by atoms with Gasteiger partial charge in [0.2, 0.25) is 0 Å².